The highest BCUT2D eigenvalue weighted by molar-refractivity contribution is 6.14. The largest absolute Gasteiger partial charge is 0.456 e. The maximum Gasteiger partial charge on any atom is 0.164 e. The first-order valence-electron chi connectivity index (χ1n) is 17.9. The molecule has 0 aliphatic heterocycles. The summed E-state index contributed by atoms with van der Waals surface area (Å²) < 4.78 is 12.8. The monoisotopic (exact) mass is 681 g/mol. The van der Waals surface area contributed by atoms with Gasteiger partial charge in [-0.2, -0.15) is 0 Å². The average Bonchev–Trinajstić information content (AvgIpc) is 3.85. The van der Waals surface area contributed by atoms with Crippen molar-refractivity contribution in [1.29, 1.82) is 0 Å². The number of fused-ring (bicyclic) bond motifs is 9. The zero-order chi connectivity index (χ0) is 35.3. The standard InChI is InChI=1S/C48H31N3O2/c1-48(2)37-18-8-6-14-31(37)35-26-29(22-24-38(35)48)30-23-25-40-36(27-30)44-34(17-11-21-42(44)53-40)47-50-45(28-12-4-3-5-13-28)49-46(51-47)33-16-10-20-41-43(33)32-15-7-9-19-39(32)52-41/h3-27H,1-2H3. The first kappa shape index (κ1) is 29.8. The summed E-state index contributed by atoms with van der Waals surface area (Å²) in [4.78, 5) is 15.4. The van der Waals surface area contributed by atoms with Gasteiger partial charge >= 0.3 is 0 Å². The van der Waals surface area contributed by atoms with E-state index in [1.54, 1.807) is 0 Å². The molecular formula is C48H31N3O2. The second kappa shape index (κ2) is 11.1. The van der Waals surface area contributed by atoms with Gasteiger partial charge in [-0.15, -0.1) is 0 Å². The van der Waals surface area contributed by atoms with Crippen molar-refractivity contribution in [2.45, 2.75) is 19.3 Å². The third kappa shape index (κ3) is 4.47. The van der Waals surface area contributed by atoms with Gasteiger partial charge in [0.25, 0.3) is 0 Å². The topological polar surface area (TPSA) is 65.0 Å². The van der Waals surface area contributed by atoms with Crippen molar-refractivity contribution in [2.75, 3.05) is 0 Å². The van der Waals surface area contributed by atoms with E-state index in [0.29, 0.717) is 17.5 Å². The average molecular weight is 682 g/mol. The molecule has 11 rings (SSSR count). The van der Waals surface area contributed by atoms with Crippen molar-refractivity contribution >= 4 is 43.9 Å². The van der Waals surface area contributed by atoms with Crippen LogP contribution in [0, 0.1) is 0 Å². The van der Waals surface area contributed by atoms with Crippen LogP contribution in [0.3, 0.4) is 0 Å². The number of nitrogens with zero attached hydrogens (tertiary/aromatic N) is 3. The summed E-state index contributed by atoms with van der Waals surface area (Å²) in [5, 5.41) is 3.99. The van der Waals surface area contributed by atoms with Crippen LogP contribution >= 0.6 is 0 Å². The van der Waals surface area contributed by atoms with Crippen LogP contribution in [-0.2, 0) is 5.41 Å². The fraction of sp³-hybridized carbons (Fsp3) is 0.0625. The molecule has 7 aromatic carbocycles. The van der Waals surface area contributed by atoms with E-state index in [2.05, 4.69) is 92.7 Å². The van der Waals surface area contributed by atoms with Gasteiger partial charge in [-0.05, 0) is 69.8 Å². The summed E-state index contributed by atoms with van der Waals surface area (Å²) in [6.45, 7) is 4.63. The van der Waals surface area contributed by atoms with E-state index >= 15 is 0 Å². The summed E-state index contributed by atoms with van der Waals surface area (Å²) in [5.74, 6) is 1.76. The molecular weight excluding hydrogens is 651 g/mol. The molecule has 0 saturated heterocycles. The predicted octanol–water partition coefficient (Wildman–Crippen LogP) is 12.6. The molecule has 0 bridgehead atoms. The lowest BCUT2D eigenvalue weighted by atomic mass is 9.82. The summed E-state index contributed by atoms with van der Waals surface area (Å²) in [7, 11) is 0. The van der Waals surface area contributed by atoms with E-state index in [0.717, 1.165) is 66.1 Å². The minimum atomic E-state index is -0.0394. The second-order valence-corrected chi connectivity index (χ2v) is 14.4. The van der Waals surface area contributed by atoms with Crippen molar-refractivity contribution in [3.8, 4) is 56.4 Å². The molecule has 5 heteroatoms. The molecule has 0 atom stereocenters. The maximum absolute atomic E-state index is 6.49. The van der Waals surface area contributed by atoms with Crippen LogP contribution in [0.1, 0.15) is 25.0 Å². The minimum Gasteiger partial charge on any atom is -0.456 e. The molecule has 0 amide bonds. The van der Waals surface area contributed by atoms with Gasteiger partial charge in [0.15, 0.2) is 17.5 Å². The van der Waals surface area contributed by atoms with Gasteiger partial charge in [0, 0.05) is 43.7 Å². The Bertz CT molecular complexity index is 3100. The molecule has 53 heavy (non-hydrogen) atoms. The number of furan rings is 2. The van der Waals surface area contributed by atoms with Crippen molar-refractivity contribution in [3.05, 3.63) is 163 Å². The molecule has 1 aliphatic carbocycles. The normalized spacial score (nSPS) is 13.2. The minimum absolute atomic E-state index is 0.0394. The third-order valence-corrected chi connectivity index (χ3v) is 11.0. The van der Waals surface area contributed by atoms with Crippen LogP contribution < -0.4 is 0 Å². The Hall–Kier alpha value is -6.85. The van der Waals surface area contributed by atoms with E-state index in [4.69, 9.17) is 23.8 Å². The van der Waals surface area contributed by atoms with E-state index in [-0.39, 0.29) is 5.41 Å². The lowest BCUT2D eigenvalue weighted by Gasteiger charge is -2.21. The number of para-hydroxylation sites is 1. The van der Waals surface area contributed by atoms with Crippen molar-refractivity contribution in [1.82, 2.24) is 15.0 Å². The van der Waals surface area contributed by atoms with Gasteiger partial charge in [-0.1, -0.05) is 129 Å². The van der Waals surface area contributed by atoms with Crippen molar-refractivity contribution in [2.24, 2.45) is 0 Å². The van der Waals surface area contributed by atoms with Crippen molar-refractivity contribution in [3.63, 3.8) is 0 Å². The van der Waals surface area contributed by atoms with Crippen LogP contribution in [0.5, 0.6) is 0 Å². The van der Waals surface area contributed by atoms with Crippen LogP contribution in [0.2, 0.25) is 0 Å². The number of rotatable bonds is 4. The van der Waals surface area contributed by atoms with Crippen LogP contribution in [0.25, 0.3) is 100 Å². The quantitative estimate of drug-likeness (QED) is 0.185. The summed E-state index contributed by atoms with van der Waals surface area (Å²) in [6.07, 6.45) is 0. The maximum atomic E-state index is 6.49. The van der Waals surface area contributed by atoms with E-state index in [1.807, 2.05) is 72.8 Å². The molecule has 1 aliphatic rings. The van der Waals surface area contributed by atoms with Crippen LogP contribution in [0.15, 0.2) is 160 Å². The second-order valence-electron chi connectivity index (χ2n) is 14.4. The molecule has 0 fully saturated rings. The third-order valence-electron chi connectivity index (χ3n) is 11.0. The van der Waals surface area contributed by atoms with Gasteiger partial charge in [-0.25, -0.2) is 15.0 Å². The van der Waals surface area contributed by atoms with E-state index < -0.39 is 0 Å². The van der Waals surface area contributed by atoms with Gasteiger partial charge in [0.2, 0.25) is 0 Å². The molecule has 5 nitrogen and oxygen atoms in total. The Morgan fingerprint density at radius 3 is 1.70 bits per heavy atom. The Balaban J connectivity index is 1.12. The number of benzene rings is 7. The SMILES string of the molecule is CC1(C)c2ccccc2-c2cc(-c3ccc4oc5cccc(-c6nc(-c7ccccc7)nc(-c7cccc8oc9ccccc9c78)n6)c5c4c3)ccc21. The number of hydrogen-bond donors (Lipinski definition) is 0. The highest BCUT2D eigenvalue weighted by atomic mass is 16.3. The summed E-state index contributed by atoms with van der Waals surface area (Å²) in [5.41, 5.74) is 13.5. The van der Waals surface area contributed by atoms with Gasteiger partial charge in [0.05, 0.1) is 0 Å². The highest BCUT2D eigenvalue weighted by Gasteiger charge is 2.35. The van der Waals surface area contributed by atoms with E-state index in [9.17, 15) is 0 Å². The molecule has 0 N–H and O–H groups in total. The summed E-state index contributed by atoms with van der Waals surface area (Å²) in [6, 6.07) is 52.5. The molecule has 250 valence electrons. The first-order chi connectivity index (χ1) is 26.0. The zero-order valence-corrected chi connectivity index (χ0v) is 29.1. The Morgan fingerprint density at radius 2 is 0.925 bits per heavy atom. The zero-order valence-electron chi connectivity index (χ0n) is 29.1. The number of aromatic nitrogens is 3. The molecule has 3 heterocycles. The highest BCUT2D eigenvalue weighted by Crippen LogP contribution is 2.50. The predicted molar refractivity (Wildman–Crippen MR) is 214 cm³/mol. The molecule has 0 spiro atoms. The molecule has 10 aromatic rings. The Kier molecular flexibility index (Phi) is 6.23. The van der Waals surface area contributed by atoms with Gasteiger partial charge < -0.3 is 8.83 Å². The van der Waals surface area contributed by atoms with Gasteiger partial charge in [0.1, 0.15) is 22.3 Å². The Labute approximate surface area is 305 Å². The fourth-order valence-corrected chi connectivity index (χ4v) is 8.39. The first-order valence-corrected chi connectivity index (χ1v) is 17.9. The Morgan fingerprint density at radius 1 is 0.377 bits per heavy atom. The smallest absolute Gasteiger partial charge is 0.164 e. The lowest BCUT2D eigenvalue weighted by molar-refractivity contribution is 0.660. The molecule has 0 saturated carbocycles. The van der Waals surface area contributed by atoms with Crippen LogP contribution in [-0.4, -0.2) is 15.0 Å². The molecule has 0 radical (unpaired) electrons. The van der Waals surface area contributed by atoms with E-state index in [1.165, 1.54) is 27.8 Å². The lowest BCUT2D eigenvalue weighted by Crippen LogP contribution is -2.14. The molecule has 3 aromatic heterocycles. The summed E-state index contributed by atoms with van der Waals surface area (Å²) >= 11 is 0. The fourth-order valence-electron chi connectivity index (χ4n) is 8.39. The van der Waals surface area contributed by atoms with Crippen molar-refractivity contribution < 1.29 is 8.83 Å². The molecule has 0 unspecified atom stereocenters. The number of hydrogen-bond acceptors (Lipinski definition) is 5. The van der Waals surface area contributed by atoms with Crippen LogP contribution in [0.4, 0.5) is 0 Å². The van der Waals surface area contributed by atoms with Gasteiger partial charge in [-0.3, -0.25) is 0 Å².